The van der Waals surface area contributed by atoms with Gasteiger partial charge in [0.2, 0.25) is 0 Å². The van der Waals surface area contributed by atoms with Gasteiger partial charge in [0, 0.05) is 11.8 Å². The van der Waals surface area contributed by atoms with Crippen molar-refractivity contribution in [2.45, 2.75) is 71.3 Å². The standard InChI is InChI=1S/C28H34O2/c1-3-7-20-16-21-17-22(30-18-19-8-5-4-6-9-19)10-11-23(21)24-14-15-28(2)25(27(20)24)12-13-26(28)29/h4-6,8-11,17,20,24-25,27H,3,7,12-16,18H2,1-2H3/t20-,24?,25?,27?,28+/m1/s1. The molecule has 3 unspecified atom stereocenters. The molecule has 30 heavy (non-hydrogen) atoms. The zero-order valence-electron chi connectivity index (χ0n) is 18.4. The third-order valence-corrected chi connectivity index (χ3v) is 8.49. The predicted octanol–water partition coefficient (Wildman–Crippen LogP) is 6.72. The monoisotopic (exact) mass is 402 g/mol. The van der Waals surface area contributed by atoms with Crippen molar-refractivity contribution < 1.29 is 9.53 Å². The molecule has 158 valence electrons. The molecular weight excluding hydrogens is 368 g/mol. The smallest absolute Gasteiger partial charge is 0.139 e. The lowest BCUT2D eigenvalue weighted by Gasteiger charge is -2.51. The average Bonchev–Trinajstić information content (AvgIpc) is 3.07. The van der Waals surface area contributed by atoms with Gasteiger partial charge in [-0.3, -0.25) is 4.79 Å². The Labute approximate surface area is 181 Å². The van der Waals surface area contributed by atoms with Gasteiger partial charge in [0.25, 0.3) is 0 Å². The Morgan fingerprint density at radius 3 is 2.73 bits per heavy atom. The second kappa shape index (κ2) is 7.87. The summed E-state index contributed by atoms with van der Waals surface area (Å²) in [5.74, 6) is 4.12. The van der Waals surface area contributed by atoms with Crippen LogP contribution in [0.2, 0.25) is 0 Å². The summed E-state index contributed by atoms with van der Waals surface area (Å²) in [6.45, 7) is 5.21. The van der Waals surface area contributed by atoms with E-state index in [1.807, 2.05) is 6.07 Å². The average molecular weight is 403 g/mol. The highest BCUT2D eigenvalue weighted by Crippen LogP contribution is 2.61. The van der Waals surface area contributed by atoms with Crippen LogP contribution in [0.3, 0.4) is 0 Å². The molecule has 0 saturated heterocycles. The third kappa shape index (κ3) is 3.29. The number of hydrogen-bond acceptors (Lipinski definition) is 2. The van der Waals surface area contributed by atoms with Crippen molar-refractivity contribution in [2.75, 3.05) is 0 Å². The number of ketones is 1. The van der Waals surface area contributed by atoms with Crippen LogP contribution in [0, 0.1) is 23.2 Å². The van der Waals surface area contributed by atoms with Crippen LogP contribution in [0.15, 0.2) is 48.5 Å². The fourth-order valence-electron chi connectivity index (χ4n) is 7.02. The molecule has 3 aliphatic carbocycles. The van der Waals surface area contributed by atoms with Gasteiger partial charge in [0.15, 0.2) is 0 Å². The zero-order valence-corrected chi connectivity index (χ0v) is 18.4. The highest BCUT2D eigenvalue weighted by molar-refractivity contribution is 5.87. The van der Waals surface area contributed by atoms with Crippen molar-refractivity contribution in [3.05, 3.63) is 65.2 Å². The number of ether oxygens (including phenoxy) is 1. The van der Waals surface area contributed by atoms with E-state index in [9.17, 15) is 4.79 Å². The SMILES string of the molecule is CCC[C@@H]1Cc2cc(OCc3ccccc3)ccc2C2CC[C@]3(C)C(=O)CCC3C21. The van der Waals surface area contributed by atoms with Gasteiger partial charge in [-0.15, -0.1) is 0 Å². The lowest BCUT2D eigenvalue weighted by Crippen LogP contribution is -2.46. The van der Waals surface area contributed by atoms with E-state index in [-0.39, 0.29) is 5.41 Å². The van der Waals surface area contributed by atoms with Crippen molar-refractivity contribution in [1.29, 1.82) is 0 Å². The Kier molecular flexibility index (Phi) is 5.21. The summed E-state index contributed by atoms with van der Waals surface area (Å²) in [6.07, 6.45) is 7.81. The zero-order chi connectivity index (χ0) is 20.7. The number of Topliss-reactive ketones (excluding diaryl/α,β-unsaturated/α-hetero) is 1. The summed E-state index contributed by atoms with van der Waals surface area (Å²) < 4.78 is 6.14. The van der Waals surface area contributed by atoms with E-state index in [2.05, 4.69) is 56.3 Å². The maximum absolute atomic E-state index is 12.7. The molecule has 2 nitrogen and oxygen atoms in total. The first-order valence-electron chi connectivity index (χ1n) is 11.9. The summed E-state index contributed by atoms with van der Waals surface area (Å²) >= 11 is 0. The Hall–Kier alpha value is -2.09. The largest absolute Gasteiger partial charge is 0.489 e. The summed E-state index contributed by atoms with van der Waals surface area (Å²) in [5.41, 5.74) is 4.19. The Bertz CT molecular complexity index is 917. The first-order valence-corrected chi connectivity index (χ1v) is 11.9. The fraction of sp³-hybridized carbons (Fsp3) is 0.536. The van der Waals surface area contributed by atoms with E-state index >= 15 is 0 Å². The van der Waals surface area contributed by atoms with E-state index in [1.54, 1.807) is 5.56 Å². The fourth-order valence-corrected chi connectivity index (χ4v) is 7.02. The molecule has 0 aliphatic heterocycles. The summed E-state index contributed by atoms with van der Waals surface area (Å²) in [5, 5.41) is 0. The van der Waals surface area contributed by atoms with Gasteiger partial charge in [-0.05, 0) is 78.2 Å². The molecular formula is C28H34O2. The number of hydrogen-bond donors (Lipinski definition) is 0. The first-order chi connectivity index (χ1) is 14.6. The highest BCUT2D eigenvalue weighted by Gasteiger charge is 2.56. The molecule has 0 spiro atoms. The normalized spacial score (nSPS) is 32.3. The molecule has 2 aromatic rings. The third-order valence-electron chi connectivity index (χ3n) is 8.49. The van der Waals surface area contributed by atoms with Crippen LogP contribution >= 0.6 is 0 Å². The molecule has 3 aliphatic rings. The number of carbonyl (C=O) groups is 1. The van der Waals surface area contributed by atoms with Gasteiger partial charge in [-0.1, -0.05) is 63.1 Å². The maximum atomic E-state index is 12.7. The minimum absolute atomic E-state index is 0.0522. The van der Waals surface area contributed by atoms with Crippen LogP contribution in [0.25, 0.3) is 0 Å². The molecule has 0 amide bonds. The van der Waals surface area contributed by atoms with Crippen LogP contribution < -0.4 is 4.74 Å². The van der Waals surface area contributed by atoms with Gasteiger partial charge in [-0.2, -0.15) is 0 Å². The number of rotatable bonds is 5. The molecule has 2 heteroatoms. The molecule has 0 radical (unpaired) electrons. The quantitative estimate of drug-likeness (QED) is 0.555. The second-order valence-corrected chi connectivity index (χ2v) is 10.1. The van der Waals surface area contributed by atoms with Crippen molar-refractivity contribution in [3.8, 4) is 5.75 Å². The van der Waals surface area contributed by atoms with Crippen LogP contribution in [0.1, 0.15) is 75.0 Å². The van der Waals surface area contributed by atoms with E-state index in [0.29, 0.717) is 36.1 Å². The summed E-state index contributed by atoms with van der Waals surface area (Å²) in [7, 11) is 0. The molecule has 0 heterocycles. The molecule has 0 bridgehead atoms. The van der Waals surface area contributed by atoms with E-state index in [1.165, 1.54) is 30.4 Å². The first kappa shape index (κ1) is 19.8. The number of benzene rings is 2. The van der Waals surface area contributed by atoms with Crippen LogP contribution in [-0.4, -0.2) is 5.78 Å². The van der Waals surface area contributed by atoms with E-state index in [0.717, 1.165) is 31.4 Å². The molecule has 0 aromatic heterocycles. The number of fused-ring (bicyclic) bond motifs is 5. The second-order valence-electron chi connectivity index (χ2n) is 10.1. The van der Waals surface area contributed by atoms with Gasteiger partial charge in [0.1, 0.15) is 18.1 Å². The van der Waals surface area contributed by atoms with Gasteiger partial charge in [0.05, 0.1) is 0 Å². The highest BCUT2D eigenvalue weighted by atomic mass is 16.5. The minimum Gasteiger partial charge on any atom is -0.489 e. The molecule has 2 aromatic carbocycles. The number of carbonyl (C=O) groups excluding carboxylic acids is 1. The lowest BCUT2D eigenvalue weighted by molar-refractivity contribution is -0.130. The molecule has 2 saturated carbocycles. The Morgan fingerprint density at radius 1 is 1.10 bits per heavy atom. The maximum Gasteiger partial charge on any atom is 0.139 e. The van der Waals surface area contributed by atoms with E-state index in [4.69, 9.17) is 4.74 Å². The van der Waals surface area contributed by atoms with Crippen LogP contribution in [-0.2, 0) is 17.8 Å². The lowest BCUT2D eigenvalue weighted by atomic mass is 9.52. The molecule has 5 atom stereocenters. The predicted molar refractivity (Wildman–Crippen MR) is 121 cm³/mol. The van der Waals surface area contributed by atoms with Gasteiger partial charge < -0.3 is 4.74 Å². The van der Waals surface area contributed by atoms with Crippen molar-refractivity contribution >= 4 is 5.78 Å². The Balaban J connectivity index is 1.42. The van der Waals surface area contributed by atoms with Crippen molar-refractivity contribution in [2.24, 2.45) is 23.2 Å². The van der Waals surface area contributed by atoms with Crippen LogP contribution in [0.4, 0.5) is 0 Å². The topological polar surface area (TPSA) is 26.3 Å². The molecule has 5 rings (SSSR count). The van der Waals surface area contributed by atoms with Crippen molar-refractivity contribution in [3.63, 3.8) is 0 Å². The van der Waals surface area contributed by atoms with Crippen LogP contribution in [0.5, 0.6) is 5.75 Å². The minimum atomic E-state index is -0.0522. The van der Waals surface area contributed by atoms with Gasteiger partial charge in [-0.25, -0.2) is 0 Å². The summed E-state index contributed by atoms with van der Waals surface area (Å²) in [4.78, 5) is 12.7. The van der Waals surface area contributed by atoms with Gasteiger partial charge >= 0.3 is 0 Å². The Morgan fingerprint density at radius 2 is 1.93 bits per heavy atom. The molecule has 0 N–H and O–H groups in total. The summed E-state index contributed by atoms with van der Waals surface area (Å²) in [6, 6.07) is 17.2. The van der Waals surface area contributed by atoms with Crippen molar-refractivity contribution in [1.82, 2.24) is 0 Å². The van der Waals surface area contributed by atoms with E-state index < -0.39 is 0 Å². The molecule has 2 fully saturated rings.